The standard InChI is InChI=1S/C17H20N4O3/c22-16(18-6-7-21-8-10-24-11-9-21)14-12-19-15(20-17(14)23)13-4-2-1-3-5-13/h1-5,12H,6-11H2,(H,18,22)(H,19,20,23). The highest BCUT2D eigenvalue weighted by Gasteiger charge is 2.14. The second kappa shape index (κ2) is 7.85. The Bertz CT molecular complexity index is 739. The Balaban J connectivity index is 1.59. The lowest BCUT2D eigenvalue weighted by molar-refractivity contribution is 0.0383. The van der Waals surface area contributed by atoms with Gasteiger partial charge in [-0.2, -0.15) is 0 Å². The highest BCUT2D eigenvalue weighted by Crippen LogP contribution is 2.11. The van der Waals surface area contributed by atoms with Crippen LogP contribution in [-0.2, 0) is 4.74 Å². The molecule has 0 unspecified atom stereocenters. The normalized spacial score (nSPS) is 15.2. The van der Waals surface area contributed by atoms with Crippen LogP contribution in [0.2, 0.25) is 0 Å². The van der Waals surface area contributed by atoms with Crippen LogP contribution >= 0.6 is 0 Å². The summed E-state index contributed by atoms with van der Waals surface area (Å²) in [5.41, 5.74) is 0.387. The number of amides is 1. The molecule has 2 heterocycles. The molecular weight excluding hydrogens is 308 g/mol. The minimum absolute atomic E-state index is 0.0247. The van der Waals surface area contributed by atoms with Crippen molar-refractivity contribution in [2.45, 2.75) is 0 Å². The van der Waals surface area contributed by atoms with Gasteiger partial charge in [-0.1, -0.05) is 30.3 Å². The number of benzene rings is 1. The van der Waals surface area contributed by atoms with Gasteiger partial charge in [0.1, 0.15) is 11.4 Å². The molecule has 0 bridgehead atoms. The Morgan fingerprint density at radius 1 is 1.25 bits per heavy atom. The second-order valence-electron chi connectivity index (χ2n) is 5.55. The molecule has 1 aromatic heterocycles. The first-order chi connectivity index (χ1) is 11.7. The van der Waals surface area contributed by atoms with Gasteiger partial charge in [0.2, 0.25) is 0 Å². The maximum atomic E-state index is 12.1. The Morgan fingerprint density at radius 2 is 2.00 bits per heavy atom. The molecule has 1 amide bonds. The maximum absolute atomic E-state index is 12.1. The van der Waals surface area contributed by atoms with Gasteiger partial charge in [0, 0.05) is 37.9 Å². The molecule has 1 aliphatic heterocycles. The summed E-state index contributed by atoms with van der Waals surface area (Å²) in [5, 5.41) is 2.76. The van der Waals surface area contributed by atoms with Gasteiger partial charge in [-0.25, -0.2) is 4.98 Å². The van der Waals surface area contributed by atoms with Crippen molar-refractivity contribution in [1.29, 1.82) is 0 Å². The number of nitrogens with zero attached hydrogens (tertiary/aromatic N) is 2. The number of H-pyrrole nitrogens is 1. The third-order valence-corrected chi connectivity index (χ3v) is 3.91. The zero-order chi connectivity index (χ0) is 16.8. The van der Waals surface area contributed by atoms with E-state index >= 15 is 0 Å². The fourth-order valence-corrected chi connectivity index (χ4v) is 2.55. The van der Waals surface area contributed by atoms with E-state index in [1.807, 2.05) is 30.3 Å². The quantitative estimate of drug-likeness (QED) is 0.834. The number of aromatic amines is 1. The molecule has 0 spiro atoms. The molecule has 1 saturated heterocycles. The first-order valence-corrected chi connectivity index (χ1v) is 7.97. The van der Waals surface area contributed by atoms with Gasteiger partial charge in [-0.3, -0.25) is 14.5 Å². The van der Waals surface area contributed by atoms with Crippen molar-refractivity contribution in [2.24, 2.45) is 0 Å². The summed E-state index contributed by atoms with van der Waals surface area (Å²) in [7, 11) is 0. The van der Waals surface area contributed by atoms with E-state index in [0.717, 1.165) is 38.4 Å². The number of nitrogens with one attached hydrogen (secondary N) is 2. The predicted molar refractivity (Wildman–Crippen MR) is 89.9 cm³/mol. The molecular formula is C17H20N4O3. The predicted octanol–water partition coefficient (Wildman–Crippen LogP) is 0.499. The van der Waals surface area contributed by atoms with Crippen LogP contribution in [0.5, 0.6) is 0 Å². The van der Waals surface area contributed by atoms with Crippen LogP contribution in [0.1, 0.15) is 10.4 Å². The van der Waals surface area contributed by atoms with E-state index in [4.69, 9.17) is 4.74 Å². The number of rotatable bonds is 5. The van der Waals surface area contributed by atoms with Crippen LogP contribution in [0.25, 0.3) is 11.4 Å². The van der Waals surface area contributed by atoms with Gasteiger partial charge in [0.05, 0.1) is 13.2 Å². The number of hydrogen-bond donors (Lipinski definition) is 2. The Morgan fingerprint density at radius 3 is 2.71 bits per heavy atom. The SMILES string of the molecule is O=C(NCCN1CCOCC1)c1cnc(-c2ccccc2)[nH]c1=O. The summed E-state index contributed by atoms with van der Waals surface area (Å²) >= 11 is 0. The molecule has 3 rings (SSSR count). The number of morpholine rings is 1. The lowest BCUT2D eigenvalue weighted by Crippen LogP contribution is -2.42. The van der Waals surface area contributed by atoms with Gasteiger partial charge in [-0.05, 0) is 0 Å². The summed E-state index contributed by atoms with van der Waals surface area (Å²) in [6.07, 6.45) is 1.32. The van der Waals surface area contributed by atoms with Crippen LogP contribution < -0.4 is 10.9 Å². The highest BCUT2D eigenvalue weighted by atomic mass is 16.5. The van der Waals surface area contributed by atoms with E-state index in [9.17, 15) is 9.59 Å². The molecule has 2 N–H and O–H groups in total. The third-order valence-electron chi connectivity index (χ3n) is 3.91. The van der Waals surface area contributed by atoms with Crippen molar-refractivity contribution in [3.8, 4) is 11.4 Å². The monoisotopic (exact) mass is 328 g/mol. The first-order valence-electron chi connectivity index (χ1n) is 7.97. The smallest absolute Gasteiger partial charge is 0.264 e. The topological polar surface area (TPSA) is 87.3 Å². The maximum Gasteiger partial charge on any atom is 0.264 e. The molecule has 1 aromatic carbocycles. The fourth-order valence-electron chi connectivity index (χ4n) is 2.55. The van der Waals surface area contributed by atoms with E-state index in [0.29, 0.717) is 12.4 Å². The number of aromatic nitrogens is 2. The molecule has 1 aliphatic rings. The van der Waals surface area contributed by atoms with Crippen LogP contribution in [-0.4, -0.2) is 60.2 Å². The lowest BCUT2D eigenvalue weighted by atomic mass is 10.2. The van der Waals surface area contributed by atoms with Crippen molar-refractivity contribution in [3.63, 3.8) is 0 Å². The minimum atomic E-state index is -0.437. The summed E-state index contributed by atoms with van der Waals surface area (Å²) in [6.45, 7) is 4.39. The summed E-state index contributed by atoms with van der Waals surface area (Å²) in [6, 6.07) is 9.31. The van der Waals surface area contributed by atoms with Crippen molar-refractivity contribution < 1.29 is 9.53 Å². The molecule has 1 fully saturated rings. The number of ether oxygens (including phenoxy) is 1. The van der Waals surface area contributed by atoms with Crippen LogP contribution in [0.3, 0.4) is 0 Å². The van der Waals surface area contributed by atoms with E-state index in [1.54, 1.807) is 0 Å². The Kier molecular flexibility index (Phi) is 5.35. The molecule has 2 aromatic rings. The number of carbonyl (C=O) groups is 1. The van der Waals surface area contributed by atoms with Gasteiger partial charge in [-0.15, -0.1) is 0 Å². The van der Waals surface area contributed by atoms with E-state index in [2.05, 4.69) is 20.2 Å². The second-order valence-corrected chi connectivity index (χ2v) is 5.55. The molecule has 0 atom stereocenters. The highest BCUT2D eigenvalue weighted by molar-refractivity contribution is 5.93. The van der Waals surface area contributed by atoms with Gasteiger partial charge < -0.3 is 15.0 Å². The molecule has 0 aliphatic carbocycles. The molecule has 0 saturated carbocycles. The third kappa shape index (κ3) is 4.06. The Hall–Kier alpha value is -2.51. The van der Waals surface area contributed by atoms with E-state index in [1.165, 1.54) is 6.20 Å². The lowest BCUT2D eigenvalue weighted by Gasteiger charge is -2.26. The minimum Gasteiger partial charge on any atom is -0.379 e. The van der Waals surface area contributed by atoms with Crippen LogP contribution in [0.4, 0.5) is 0 Å². The first kappa shape index (κ1) is 16.4. The molecule has 126 valence electrons. The van der Waals surface area contributed by atoms with Crippen molar-refractivity contribution in [1.82, 2.24) is 20.2 Å². The number of carbonyl (C=O) groups excluding carboxylic acids is 1. The average molecular weight is 328 g/mol. The average Bonchev–Trinajstić information content (AvgIpc) is 2.63. The summed E-state index contributed by atoms with van der Waals surface area (Å²) < 4.78 is 5.28. The zero-order valence-corrected chi connectivity index (χ0v) is 13.3. The van der Waals surface area contributed by atoms with E-state index < -0.39 is 11.5 Å². The summed E-state index contributed by atoms with van der Waals surface area (Å²) in [5.74, 6) is 0.0436. The molecule has 0 radical (unpaired) electrons. The largest absolute Gasteiger partial charge is 0.379 e. The Labute approximate surface area is 139 Å². The van der Waals surface area contributed by atoms with Crippen molar-refractivity contribution in [3.05, 3.63) is 52.4 Å². The van der Waals surface area contributed by atoms with Gasteiger partial charge >= 0.3 is 0 Å². The number of hydrogen-bond acceptors (Lipinski definition) is 5. The van der Waals surface area contributed by atoms with E-state index in [-0.39, 0.29) is 5.56 Å². The van der Waals surface area contributed by atoms with Crippen LogP contribution in [0, 0.1) is 0 Å². The molecule has 24 heavy (non-hydrogen) atoms. The molecule has 7 nitrogen and oxygen atoms in total. The van der Waals surface area contributed by atoms with Crippen LogP contribution in [0.15, 0.2) is 41.3 Å². The van der Waals surface area contributed by atoms with Gasteiger partial charge in [0.15, 0.2) is 0 Å². The van der Waals surface area contributed by atoms with Crippen molar-refractivity contribution in [2.75, 3.05) is 39.4 Å². The van der Waals surface area contributed by atoms with Gasteiger partial charge in [0.25, 0.3) is 11.5 Å². The zero-order valence-electron chi connectivity index (χ0n) is 13.3. The van der Waals surface area contributed by atoms with Crippen molar-refractivity contribution >= 4 is 5.91 Å². The fraction of sp³-hybridized carbons (Fsp3) is 0.353. The summed E-state index contributed by atoms with van der Waals surface area (Å²) in [4.78, 5) is 33.3. The molecule has 7 heteroatoms.